The van der Waals surface area contributed by atoms with Crippen LogP contribution in [0.15, 0.2) is 47.4 Å². The molecule has 0 saturated carbocycles. The third-order valence-corrected chi connectivity index (χ3v) is 7.34. The normalized spacial score (nSPS) is 15.8. The van der Waals surface area contributed by atoms with Crippen molar-refractivity contribution in [2.45, 2.75) is 38.1 Å². The molecule has 1 saturated heterocycles. The molecule has 1 aliphatic rings. The van der Waals surface area contributed by atoms with Crippen molar-refractivity contribution in [1.82, 2.24) is 9.62 Å². The smallest absolute Gasteiger partial charge is 0.251 e. The van der Waals surface area contributed by atoms with E-state index < -0.39 is 10.0 Å². The molecule has 29 heavy (non-hydrogen) atoms. The molecule has 1 fully saturated rings. The lowest BCUT2D eigenvalue weighted by Crippen LogP contribution is -2.38. The van der Waals surface area contributed by atoms with Crippen LogP contribution >= 0.6 is 0 Å². The summed E-state index contributed by atoms with van der Waals surface area (Å²) in [6.07, 6.45) is 1.72. The molecule has 0 atom stereocenters. The van der Waals surface area contributed by atoms with Crippen molar-refractivity contribution < 1.29 is 17.9 Å². The SMILES string of the molecule is COc1ccc(CNC(=O)c2cc(S(=O)(=O)N3CCC(C)CC3)ccc2C)cc1. The van der Waals surface area contributed by atoms with E-state index in [1.54, 1.807) is 26.2 Å². The lowest BCUT2D eigenvalue weighted by atomic mass is 10.0. The van der Waals surface area contributed by atoms with Gasteiger partial charge in [0, 0.05) is 25.2 Å². The highest BCUT2D eigenvalue weighted by molar-refractivity contribution is 7.89. The molecule has 1 heterocycles. The number of rotatable bonds is 6. The minimum absolute atomic E-state index is 0.173. The summed E-state index contributed by atoms with van der Waals surface area (Å²) in [6.45, 7) is 5.35. The van der Waals surface area contributed by atoms with Crippen molar-refractivity contribution >= 4 is 15.9 Å². The Bertz CT molecular complexity index is 963. The number of piperidine rings is 1. The van der Waals surface area contributed by atoms with Crippen LogP contribution in [0.2, 0.25) is 0 Å². The molecule has 0 aliphatic carbocycles. The van der Waals surface area contributed by atoms with Crippen LogP contribution in [0.1, 0.15) is 41.3 Å². The topological polar surface area (TPSA) is 75.7 Å². The monoisotopic (exact) mass is 416 g/mol. The first kappa shape index (κ1) is 21.3. The van der Waals surface area contributed by atoms with Gasteiger partial charge in [0.25, 0.3) is 5.91 Å². The first-order valence-electron chi connectivity index (χ1n) is 9.83. The highest BCUT2D eigenvalue weighted by atomic mass is 32.2. The molecular weight excluding hydrogens is 388 g/mol. The van der Waals surface area contributed by atoms with Gasteiger partial charge >= 0.3 is 0 Å². The van der Waals surface area contributed by atoms with E-state index in [9.17, 15) is 13.2 Å². The molecule has 0 unspecified atom stereocenters. The van der Waals surface area contributed by atoms with E-state index >= 15 is 0 Å². The summed E-state index contributed by atoms with van der Waals surface area (Å²) in [4.78, 5) is 12.9. The van der Waals surface area contributed by atoms with E-state index in [2.05, 4.69) is 12.2 Å². The summed E-state index contributed by atoms with van der Waals surface area (Å²) < 4.78 is 32.7. The van der Waals surface area contributed by atoms with Gasteiger partial charge in [-0.2, -0.15) is 4.31 Å². The van der Waals surface area contributed by atoms with Crippen LogP contribution in [0.25, 0.3) is 0 Å². The van der Waals surface area contributed by atoms with Crippen LogP contribution in [-0.4, -0.2) is 38.8 Å². The van der Waals surface area contributed by atoms with Gasteiger partial charge in [0.05, 0.1) is 12.0 Å². The number of hydrogen-bond acceptors (Lipinski definition) is 4. The third kappa shape index (κ3) is 4.97. The summed E-state index contributed by atoms with van der Waals surface area (Å²) in [6, 6.07) is 12.2. The van der Waals surface area contributed by atoms with Gasteiger partial charge in [-0.25, -0.2) is 8.42 Å². The van der Waals surface area contributed by atoms with Gasteiger partial charge in [0.1, 0.15) is 5.75 Å². The molecule has 1 amide bonds. The molecule has 1 N–H and O–H groups in total. The minimum Gasteiger partial charge on any atom is -0.497 e. The number of hydrogen-bond donors (Lipinski definition) is 1. The van der Waals surface area contributed by atoms with E-state index in [0.717, 1.165) is 29.7 Å². The second-order valence-corrected chi connectivity index (χ2v) is 9.53. The Labute approximate surface area is 172 Å². The molecule has 7 heteroatoms. The number of aryl methyl sites for hydroxylation is 1. The second kappa shape index (κ2) is 8.97. The molecule has 2 aromatic rings. The summed E-state index contributed by atoms with van der Waals surface area (Å²) in [5, 5.41) is 2.87. The molecular formula is C22H28N2O4S. The zero-order chi connectivity index (χ0) is 21.0. The van der Waals surface area contributed by atoms with Crippen LogP contribution in [-0.2, 0) is 16.6 Å². The highest BCUT2D eigenvalue weighted by Crippen LogP contribution is 2.25. The standard InChI is InChI=1S/C22H28N2O4S/c1-16-10-12-24(13-11-16)29(26,27)20-9-4-17(2)21(14-20)22(25)23-15-18-5-7-19(28-3)8-6-18/h4-9,14,16H,10-13,15H2,1-3H3,(H,23,25). The maximum Gasteiger partial charge on any atom is 0.251 e. The molecule has 2 aromatic carbocycles. The van der Waals surface area contributed by atoms with Crippen LogP contribution in [0.5, 0.6) is 5.75 Å². The van der Waals surface area contributed by atoms with Crippen LogP contribution in [0, 0.1) is 12.8 Å². The number of carbonyl (C=O) groups excluding carboxylic acids is 1. The number of benzene rings is 2. The average molecular weight is 417 g/mol. The summed E-state index contributed by atoms with van der Waals surface area (Å²) in [5.41, 5.74) is 2.05. The largest absolute Gasteiger partial charge is 0.497 e. The molecule has 1 aliphatic heterocycles. The fourth-order valence-electron chi connectivity index (χ4n) is 3.40. The van der Waals surface area contributed by atoms with E-state index in [-0.39, 0.29) is 10.8 Å². The minimum atomic E-state index is -3.59. The zero-order valence-corrected chi connectivity index (χ0v) is 18.0. The number of amides is 1. The quantitative estimate of drug-likeness (QED) is 0.784. The van der Waals surface area contributed by atoms with E-state index in [1.807, 2.05) is 24.3 Å². The van der Waals surface area contributed by atoms with Crippen LogP contribution in [0.3, 0.4) is 0 Å². The summed E-state index contributed by atoms with van der Waals surface area (Å²) >= 11 is 0. The Morgan fingerprint density at radius 2 is 1.79 bits per heavy atom. The van der Waals surface area contributed by atoms with Crippen molar-refractivity contribution in [3.63, 3.8) is 0 Å². The molecule has 0 spiro atoms. The number of ether oxygens (including phenoxy) is 1. The molecule has 3 rings (SSSR count). The van der Waals surface area contributed by atoms with Gasteiger partial charge in [-0.15, -0.1) is 0 Å². The van der Waals surface area contributed by atoms with E-state index in [4.69, 9.17) is 4.74 Å². The summed E-state index contributed by atoms with van der Waals surface area (Å²) in [5.74, 6) is 1.00. The van der Waals surface area contributed by atoms with Crippen molar-refractivity contribution in [3.05, 3.63) is 59.2 Å². The Morgan fingerprint density at radius 1 is 1.14 bits per heavy atom. The average Bonchev–Trinajstić information content (AvgIpc) is 2.73. The Kier molecular flexibility index (Phi) is 6.59. The number of sulfonamides is 1. The highest BCUT2D eigenvalue weighted by Gasteiger charge is 2.28. The fraction of sp³-hybridized carbons (Fsp3) is 0.409. The molecule has 0 radical (unpaired) electrons. The Hall–Kier alpha value is -2.38. The Balaban J connectivity index is 1.74. The zero-order valence-electron chi connectivity index (χ0n) is 17.1. The molecule has 6 nitrogen and oxygen atoms in total. The number of nitrogens with one attached hydrogen (secondary N) is 1. The van der Waals surface area contributed by atoms with Gasteiger partial charge in [0.15, 0.2) is 0 Å². The third-order valence-electron chi connectivity index (χ3n) is 5.45. The van der Waals surface area contributed by atoms with Crippen LogP contribution < -0.4 is 10.1 Å². The van der Waals surface area contributed by atoms with Gasteiger partial charge in [-0.3, -0.25) is 4.79 Å². The van der Waals surface area contributed by atoms with Gasteiger partial charge in [0.2, 0.25) is 10.0 Å². The van der Waals surface area contributed by atoms with E-state index in [0.29, 0.717) is 31.1 Å². The maximum atomic E-state index is 13.0. The Morgan fingerprint density at radius 3 is 2.41 bits per heavy atom. The fourth-order valence-corrected chi connectivity index (χ4v) is 4.90. The lowest BCUT2D eigenvalue weighted by molar-refractivity contribution is 0.0950. The van der Waals surface area contributed by atoms with E-state index in [1.165, 1.54) is 10.4 Å². The van der Waals surface area contributed by atoms with Gasteiger partial charge < -0.3 is 10.1 Å². The number of methoxy groups -OCH3 is 1. The van der Waals surface area contributed by atoms with Crippen molar-refractivity contribution in [2.75, 3.05) is 20.2 Å². The second-order valence-electron chi connectivity index (χ2n) is 7.59. The van der Waals surface area contributed by atoms with Gasteiger partial charge in [-0.1, -0.05) is 25.1 Å². The number of carbonyl (C=O) groups is 1. The molecule has 0 bridgehead atoms. The predicted molar refractivity (Wildman–Crippen MR) is 113 cm³/mol. The van der Waals surface area contributed by atoms with Crippen molar-refractivity contribution in [3.8, 4) is 5.75 Å². The summed E-state index contributed by atoms with van der Waals surface area (Å²) in [7, 11) is -1.99. The van der Waals surface area contributed by atoms with Crippen molar-refractivity contribution in [2.24, 2.45) is 5.92 Å². The van der Waals surface area contributed by atoms with Crippen LogP contribution in [0.4, 0.5) is 0 Å². The first-order chi connectivity index (χ1) is 13.8. The maximum absolute atomic E-state index is 13.0. The lowest BCUT2D eigenvalue weighted by Gasteiger charge is -2.29. The molecule has 156 valence electrons. The first-order valence-corrected chi connectivity index (χ1v) is 11.3. The van der Waals surface area contributed by atoms with Gasteiger partial charge in [-0.05, 0) is 61.1 Å². The predicted octanol–water partition coefficient (Wildman–Crippen LogP) is 3.35. The number of nitrogens with zero attached hydrogens (tertiary/aromatic N) is 1. The molecule has 0 aromatic heterocycles. The van der Waals surface area contributed by atoms with Crippen molar-refractivity contribution in [1.29, 1.82) is 0 Å².